The molecule has 0 amide bonds. The Hall–Kier alpha value is -1.94. The van der Waals surface area contributed by atoms with Crippen LogP contribution in [0.25, 0.3) is 0 Å². The first-order chi connectivity index (χ1) is 10.1. The Morgan fingerprint density at radius 2 is 2.05 bits per heavy atom. The largest absolute Gasteiger partial charge is 0.487 e. The Labute approximate surface area is 126 Å². The van der Waals surface area contributed by atoms with Crippen molar-refractivity contribution in [3.63, 3.8) is 0 Å². The predicted molar refractivity (Wildman–Crippen MR) is 84.1 cm³/mol. The van der Waals surface area contributed by atoms with Crippen molar-refractivity contribution in [2.24, 2.45) is 5.92 Å². The minimum absolute atomic E-state index is 0.515. The molecule has 0 saturated heterocycles. The van der Waals surface area contributed by atoms with Crippen molar-refractivity contribution in [1.82, 2.24) is 15.3 Å². The molecule has 0 aliphatic rings. The molecule has 1 N–H and O–H groups in total. The van der Waals surface area contributed by atoms with Gasteiger partial charge in [0.25, 0.3) is 0 Å². The van der Waals surface area contributed by atoms with Crippen LogP contribution in [-0.2, 0) is 13.2 Å². The van der Waals surface area contributed by atoms with Crippen LogP contribution in [0, 0.1) is 12.8 Å². The molecule has 2 rings (SSSR count). The Kier molecular flexibility index (Phi) is 5.69. The summed E-state index contributed by atoms with van der Waals surface area (Å²) in [6.45, 7) is 8.72. The maximum absolute atomic E-state index is 5.72. The maximum Gasteiger partial charge on any atom is 0.138 e. The summed E-state index contributed by atoms with van der Waals surface area (Å²) in [6.07, 6.45) is 5.43. The lowest BCUT2D eigenvalue weighted by molar-refractivity contribution is 0.304. The van der Waals surface area contributed by atoms with Gasteiger partial charge in [-0.2, -0.15) is 0 Å². The van der Waals surface area contributed by atoms with E-state index in [0.717, 1.165) is 35.7 Å². The monoisotopic (exact) mass is 285 g/mol. The quantitative estimate of drug-likeness (QED) is 0.849. The van der Waals surface area contributed by atoms with Crippen LogP contribution >= 0.6 is 0 Å². The van der Waals surface area contributed by atoms with Crippen LogP contribution in [-0.4, -0.2) is 16.5 Å². The first-order valence-corrected chi connectivity index (χ1v) is 7.32. The molecule has 4 heteroatoms. The average molecular weight is 285 g/mol. The molecule has 21 heavy (non-hydrogen) atoms. The minimum Gasteiger partial charge on any atom is -0.487 e. The van der Waals surface area contributed by atoms with Crippen molar-refractivity contribution in [3.05, 3.63) is 53.6 Å². The molecular formula is C17H23N3O. The van der Waals surface area contributed by atoms with E-state index in [1.165, 1.54) is 0 Å². The molecular weight excluding hydrogens is 262 g/mol. The summed E-state index contributed by atoms with van der Waals surface area (Å²) >= 11 is 0. The minimum atomic E-state index is 0.515. The molecule has 2 aromatic rings. The number of pyridine rings is 2. The molecule has 0 spiro atoms. The maximum atomic E-state index is 5.72. The number of aromatic nitrogens is 2. The Bertz CT molecular complexity index is 552. The molecule has 112 valence electrons. The third kappa shape index (κ3) is 5.52. The van der Waals surface area contributed by atoms with E-state index < -0.39 is 0 Å². The summed E-state index contributed by atoms with van der Waals surface area (Å²) in [5.41, 5.74) is 3.23. The van der Waals surface area contributed by atoms with Crippen molar-refractivity contribution in [3.8, 4) is 5.75 Å². The summed E-state index contributed by atoms with van der Waals surface area (Å²) < 4.78 is 5.72. The fourth-order valence-corrected chi connectivity index (χ4v) is 1.95. The topological polar surface area (TPSA) is 47.0 Å². The van der Waals surface area contributed by atoms with E-state index in [-0.39, 0.29) is 0 Å². The van der Waals surface area contributed by atoms with Crippen LogP contribution in [0.5, 0.6) is 5.75 Å². The van der Waals surface area contributed by atoms with Crippen LogP contribution in [0.2, 0.25) is 0 Å². The molecule has 0 radical (unpaired) electrons. The zero-order chi connectivity index (χ0) is 15.1. The van der Waals surface area contributed by atoms with Gasteiger partial charge in [-0.1, -0.05) is 13.8 Å². The van der Waals surface area contributed by atoms with Crippen LogP contribution in [0.3, 0.4) is 0 Å². The highest BCUT2D eigenvalue weighted by molar-refractivity contribution is 5.21. The zero-order valence-corrected chi connectivity index (χ0v) is 13.0. The lowest BCUT2D eigenvalue weighted by Crippen LogP contribution is -2.19. The van der Waals surface area contributed by atoms with Gasteiger partial charge in [-0.05, 0) is 43.1 Å². The Morgan fingerprint density at radius 1 is 1.19 bits per heavy atom. The molecule has 0 saturated carbocycles. The van der Waals surface area contributed by atoms with E-state index in [4.69, 9.17) is 4.74 Å². The average Bonchev–Trinajstić information content (AvgIpc) is 2.46. The summed E-state index contributed by atoms with van der Waals surface area (Å²) in [5, 5.41) is 3.37. The van der Waals surface area contributed by atoms with E-state index in [2.05, 4.69) is 35.2 Å². The van der Waals surface area contributed by atoms with Crippen LogP contribution in [0.4, 0.5) is 0 Å². The van der Waals surface area contributed by atoms with Gasteiger partial charge in [-0.15, -0.1) is 0 Å². The summed E-state index contributed by atoms with van der Waals surface area (Å²) in [7, 11) is 0. The summed E-state index contributed by atoms with van der Waals surface area (Å²) in [6, 6.07) is 6.03. The molecule has 0 aromatic carbocycles. The van der Waals surface area contributed by atoms with Crippen molar-refractivity contribution in [2.75, 3.05) is 6.54 Å². The first-order valence-electron chi connectivity index (χ1n) is 7.32. The van der Waals surface area contributed by atoms with Gasteiger partial charge in [0, 0.05) is 24.5 Å². The molecule has 2 heterocycles. The second-order valence-corrected chi connectivity index (χ2v) is 5.67. The molecule has 0 aliphatic heterocycles. The summed E-state index contributed by atoms with van der Waals surface area (Å²) in [5.74, 6) is 1.43. The molecule has 0 fully saturated rings. The van der Waals surface area contributed by atoms with E-state index in [1.807, 2.05) is 31.5 Å². The summed E-state index contributed by atoms with van der Waals surface area (Å²) in [4.78, 5) is 8.56. The predicted octanol–water partition coefficient (Wildman–Crippen LogP) is 3.11. The molecule has 0 unspecified atom stereocenters. The number of ether oxygens (including phenoxy) is 1. The van der Waals surface area contributed by atoms with Gasteiger partial charge in [0.15, 0.2) is 0 Å². The second-order valence-electron chi connectivity index (χ2n) is 5.67. The fraction of sp³-hybridized carbons (Fsp3) is 0.412. The lowest BCUT2D eigenvalue weighted by Gasteiger charge is -2.09. The highest BCUT2D eigenvalue weighted by atomic mass is 16.5. The highest BCUT2D eigenvalue weighted by Crippen LogP contribution is 2.12. The number of hydrogen-bond donors (Lipinski definition) is 1. The van der Waals surface area contributed by atoms with Crippen molar-refractivity contribution < 1.29 is 4.74 Å². The van der Waals surface area contributed by atoms with Crippen LogP contribution in [0.1, 0.15) is 30.7 Å². The molecule has 0 bridgehead atoms. The van der Waals surface area contributed by atoms with Gasteiger partial charge >= 0.3 is 0 Å². The standard InChI is InChI=1S/C17H23N3O/c1-13(2)7-18-10-16-4-5-17(11-20-16)21-12-15-6-14(3)8-19-9-15/h4-6,8-9,11,13,18H,7,10,12H2,1-3H3. The SMILES string of the molecule is Cc1cncc(COc2ccc(CNCC(C)C)nc2)c1. The first kappa shape index (κ1) is 15.4. The van der Waals surface area contributed by atoms with Gasteiger partial charge < -0.3 is 10.1 Å². The van der Waals surface area contributed by atoms with E-state index in [1.54, 1.807) is 6.20 Å². The molecule has 2 aromatic heterocycles. The van der Waals surface area contributed by atoms with Crippen LogP contribution in [0.15, 0.2) is 36.8 Å². The number of nitrogens with zero attached hydrogens (tertiary/aromatic N) is 2. The zero-order valence-electron chi connectivity index (χ0n) is 13.0. The smallest absolute Gasteiger partial charge is 0.138 e. The third-order valence-electron chi connectivity index (χ3n) is 2.99. The van der Waals surface area contributed by atoms with Crippen molar-refractivity contribution in [1.29, 1.82) is 0 Å². The van der Waals surface area contributed by atoms with Gasteiger partial charge in [-0.25, -0.2) is 0 Å². The molecule has 4 nitrogen and oxygen atoms in total. The number of nitrogens with one attached hydrogen (secondary N) is 1. The van der Waals surface area contributed by atoms with E-state index in [9.17, 15) is 0 Å². The van der Waals surface area contributed by atoms with Gasteiger partial charge in [-0.3, -0.25) is 9.97 Å². The van der Waals surface area contributed by atoms with E-state index in [0.29, 0.717) is 12.5 Å². The third-order valence-corrected chi connectivity index (χ3v) is 2.99. The normalized spacial score (nSPS) is 10.9. The van der Waals surface area contributed by atoms with E-state index >= 15 is 0 Å². The fourth-order valence-electron chi connectivity index (χ4n) is 1.95. The lowest BCUT2D eigenvalue weighted by atomic mass is 10.2. The Balaban J connectivity index is 1.82. The van der Waals surface area contributed by atoms with Crippen LogP contribution < -0.4 is 10.1 Å². The Morgan fingerprint density at radius 3 is 2.71 bits per heavy atom. The molecule has 0 atom stereocenters. The van der Waals surface area contributed by atoms with Gasteiger partial charge in [0.2, 0.25) is 0 Å². The second kappa shape index (κ2) is 7.74. The number of rotatable bonds is 7. The van der Waals surface area contributed by atoms with Crippen molar-refractivity contribution >= 4 is 0 Å². The van der Waals surface area contributed by atoms with Crippen molar-refractivity contribution in [2.45, 2.75) is 33.9 Å². The van der Waals surface area contributed by atoms with Gasteiger partial charge in [0.05, 0.1) is 11.9 Å². The van der Waals surface area contributed by atoms with Gasteiger partial charge in [0.1, 0.15) is 12.4 Å². The highest BCUT2D eigenvalue weighted by Gasteiger charge is 2.00. The molecule has 0 aliphatic carbocycles. The number of hydrogen-bond acceptors (Lipinski definition) is 4. The number of aryl methyl sites for hydroxylation is 1.